The van der Waals surface area contributed by atoms with E-state index in [9.17, 15) is 26.4 Å². The van der Waals surface area contributed by atoms with Gasteiger partial charge >= 0.3 is 15.5 Å². The lowest BCUT2D eigenvalue weighted by Gasteiger charge is -2.12. The first-order chi connectivity index (χ1) is 9.94. The second-order valence-corrected chi connectivity index (χ2v) is 6.48. The molecule has 0 aliphatic carbocycles. The number of furan rings is 1. The van der Waals surface area contributed by atoms with Crippen molar-refractivity contribution < 1.29 is 30.8 Å². The van der Waals surface area contributed by atoms with Crippen LogP contribution < -0.4 is 4.72 Å². The van der Waals surface area contributed by atoms with Crippen LogP contribution in [0.3, 0.4) is 0 Å². The van der Waals surface area contributed by atoms with Crippen LogP contribution in [0.1, 0.15) is 28.6 Å². The number of sulfonamides is 1. The molecule has 0 saturated heterocycles. The Morgan fingerprint density at radius 3 is 2.32 bits per heavy atom. The lowest BCUT2D eigenvalue weighted by atomic mass is 10.1. The molecule has 2 rings (SSSR count). The highest BCUT2D eigenvalue weighted by Crippen LogP contribution is 2.33. The molecule has 0 spiro atoms. The topological polar surface area (TPSA) is 76.4 Å². The van der Waals surface area contributed by atoms with Crippen molar-refractivity contribution >= 4 is 32.5 Å². The van der Waals surface area contributed by atoms with E-state index >= 15 is 0 Å². The largest absolute Gasteiger partial charge is 0.516 e. The second kappa shape index (κ2) is 5.01. The van der Waals surface area contributed by atoms with E-state index in [1.165, 1.54) is 30.7 Å². The van der Waals surface area contributed by atoms with Gasteiger partial charge in [-0.25, -0.2) is 0 Å². The summed E-state index contributed by atoms with van der Waals surface area (Å²) in [6, 6.07) is 2.55. The predicted molar refractivity (Wildman–Crippen MR) is 74.3 cm³/mol. The van der Waals surface area contributed by atoms with Gasteiger partial charge in [-0.15, -0.1) is 0 Å². The Bertz CT molecular complexity index is 866. The van der Waals surface area contributed by atoms with Crippen molar-refractivity contribution in [2.45, 2.75) is 26.3 Å². The van der Waals surface area contributed by atoms with Gasteiger partial charge in [0, 0.05) is 5.39 Å². The maximum atomic E-state index is 12.5. The summed E-state index contributed by atoms with van der Waals surface area (Å²) in [4.78, 5) is 11.6. The average molecular weight is 335 g/mol. The minimum atomic E-state index is -5.53. The maximum Gasteiger partial charge on any atom is 0.516 e. The maximum absolute atomic E-state index is 12.5. The van der Waals surface area contributed by atoms with Gasteiger partial charge in [0.05, 0.1) is 11.3 Å². The van der Waals surface area contributed by atoms with Gasteiger partial charge in [0.25, 0.3) is 0 Å². The fraction of sp³-hybridized carbons (Fsp3) is 0.308. The smallest absolute Gasteiger partial charge is 0.461 e. The number of fused-ring (bicyclic) bond motifs is 1. The van der Waals surface area contributed by atoms with Crippen molar-refractivity contribution in [1.82, 2.24) is 0 Å². The van der Waals surface area contributed by atoms with Crippen molar-refractivity contribution in [3.63, 3.8) is 0 Å². The van der Waals surface area contributed by atoms with E-state index in [0.717, 1.165) is 0 Å². The zero-order valence-corrected chi connectivity index (χ0v) is 12.6. The molecular formula is C13H12F3NO4S. The summed E-state index contributed by atoms with van der Waals surface area (Å²) in [7, 11) is -5.53. The molecule has 0 radical (unpaired) electrons. The fourth-order valence-electron chi connectivity index (χ4n) is 2.12. The predicted octanol–water partition coefficient (Wildman–Crippen LogP) is 3.51. The lowest BCUT2D eigenvalue weighted by molar-refractivity contribution is -0.0429. The molecule has 2 aromatic rings. The summed E-state index contributed by atoms with van der Waals surface area (Å²) >= 11 is 0. The van der Waals surface area contributed by atoms with Gasteiger partial charge in [0.15, 0.2) is 5.78 Å². The molecule has 1 heterocycles. The third-order valence-electron chi connectivity index (χ3n) is 3.11. The van der Waals surface area contributed by atoms with E-state index in [4.69, 9.17) is 4.42 Å². The third kappa shape index (κ3) is 2.68. The number of rotatable bonds is 3. The van der Waals surface area contributed by atoms with Crippen LogP contribution in [0.25, 0.3) is 11.0 Å². The van der Waals surface area contributed by atoms with Crippen LogP contribution in [0.15, 0.2) is 16.5 Å². The van der Waals surface area contributed by atoms with E-state index in [-0.39, 0.29) is 28.0 Å². The number of Topliss-reactive ketones (excluding diaryl/α,β-unsaturated/α-hetero) is 1. The summed E-state index contributed by atoms with van der Waals surface area (Å²) in [6.45, 7) is 4.27. The van der Waals surface area contributed by atoms with Gasteiger partial charge in [-0.2, -0.15) is 21.6 Å². The van der Waals surface area contributed by atoms with Gasteiger partial charge in [0.1, 0.15) is 11.3 Å². The van der Waals surface area contributed by atoms with Crippen LogP contribution in [0.2, 0.25) is 0 Å². The molecule has 0 unspecified atom stereocenters. The monoisotopic (exact) mass is 335 g/mol. The highest BCUT2D eigenvalue weighted by atomic mass is 32.2. The number of carbonyl (C=O) groups is 1. The van der Waals surface area contributed by atoms with Crippen LogP contribution in [0.4, 0.5) is 18.9 Å². The normalized spacial score (nSPS) is 12.6. The molecule has 0 amide bonds. The molecule has 9 heteroatoms. The zero-order valence-electron chi connectivity index (χ0n) is 11.8. The Labute approximate surface area is 124 Å². The van der Waals surface area contributed by atoms with E-state index in [2.05, 4.69) is 0 Å². The molecule has 0 atom stereocenters. The number of alkyl halides is 3. The van der Waals surface area contributed by atoms with Crippen LogP contribution in [0.5, 0.6) is 0 Å². The van der Waals surface area contributed by atoms with E-state index in [1.54, 1.807) is 6.92 Å². The van der Waals surface area contributed by atoms with Crippen LogP contribution >= 0.6 is 0 Å². The van der Waals surface area contributed by atoms with Crippen molar-refractivity contribution in [3.05, 3.63) is 29.0 Å². The number of halogens is 3. The number of anilines is 1. The molecule has 0 fully saturated rings. The SMILES string of the molecule is CC(=O)c1c(C)oc2cc(C)c(NS(=O)(=O)C(F)(F)F)cc12. The first-order valence-electron chi connectivity index (χ1n) is 6.08. The summed E-state index contributed by atoms with van der Waals surface area (Å²) in [5.74, 6) is -0.0116. The summed E-state index contributed by atoms with van der Waals surface area (Å²) in [5, 5.41) is 0.260. The van der Waals surface area contributed by atoms with Gasteiger partial charge in [0.2, 0.25) is 0 Å². The van der Waals surface area contributed by atoms with Crippen LogP contribution in [0, 0.1) is 13.8 Å². The number of hydrogen-bond acceptors (Lipinski definition) is 4. The zero-order chi connectivity index (χ0) is 16.9. The second-order valence-electron chi connectivity index (χ2n) is 4.80. The van der Waals surface area contributed by atoms with E-state index < -0.39 is 15.5 Å². The van der Waals surface area contributed by atoms with E-state index in [1.807, 2.05) is 0 Å². The third-order valence-corrected chi connectivity index (χ3v) is 4.21. The number of hydrogen-bond donors (Lipinski definition) is 1. The highest BCUT2D eigenvalue weighted by molar-refractivity contribution is 7.93. The Balaban J connectivity index is 2.64. The Morgan fingerprint density at radius 1 is 1.23 bits per heavy atom. The summed E-state index contributed by atoms with van der Waals surface area (Å²) in [6.07, 6.45) is 0. The molecule has 120 valence electrons. The van der Waals surface area contributed by atoms with E-state index in [0.29, 0.717) is 11.3 Å². The number of carbonyl (C=O) groups excluding carboxylic acids is 1. The van der Waals surface area contributed by atoms with Gasteiger partial charge in [-0.1, -0.05) is 0 Å². The quantitative estimate of drug-likeness (QED) is 0.871. The minimum Gasteiger partial charge on any atom is -0.461 e. The number of ketones is 1. The summed E-state index contributed by atoms with van der Waals surface area (Å²) < 4.78 is 66.6. The molecule has 5 nitrogen and oxygen atoms in total. The Morgan fingerprint density at radius 2 is 1.82 bits per heavy atom. The van der Waals surface area contributed by atoms with Crippen molar-refractivity contribution in [2.75, 3.05) is 4.72 Å². The molecule has 0 bridgehead atoms. The van der Waals surface area contributed by atoms with Crippen molar-refractivity contribution in [1.29, 1.82) is 0 Å². The molecular weight excluding hydrogens is 323 g/mol. The molecule has 1 aromatic carbocycles. The molecule has 0 aliphatic rings. The van der Waals surface area contributed by atoms with Gasteiger partial charge in [-0.3, -0.25) is 9.52 Å². The van der Waals surface area contributed by atoms with Crippen LogP contribution in [-0.2, 0) is 10.0 Å². The minimum absolute atomic E-state index is 0.211. The number of nitrogens with one attached hydrogen (secondary N) is 1. The molecule has 1 N–H and O–H groups in total. The van der Waals surface area contributed by atoms with Gasteiger partial charge < -0.3 is 4.42 Å². The Hall–Kier alpha value is -2.03. The van der Waals surface area contributed by atoms with Gasteiger partial charge in [-0.05, 0) is 38.5 Å². The van der Waals surface area contributed by atoms with Crippen molar-refractivity contribution in [2.24, 2.45) is 0 Å². The number of aryl methyl sites for hydroxylation is 2. The first kappa shape index (κ1) is 16.3. The van der Waals surface area contributed by atoms with Crippen LogP contribution in [-0.4, -0.2) is 19.7 Å². The molecule has 0 saturated carbocycles. The summed E-state index contributed by atoms with van der Waals surface area (Å²) in [5.41, 5.74) is -4.93. The molecule has 22 heavy (non-hydrogen) atoms. The average Bonchev–Trinajstić information content (AvgIpc) is 2.62. The number of benzene rings is 1. The Kier molecular flexibility index (Phi) is 3.72. The highest BCUT2D eigenvalue weighted by Gasteiger charge is 2.46. The lowest BCUT2D eigenvalue weighted by Crippen LogP contribution is -2.30. The standard InChI is InChI=1S/C13H12F3NO4S/c1-6-4-11-9(12(7(2)18)8(3)21-11)5-10(6)17-22(19,20)13(14,15)16/h4-5,17H,1-3H3. The van der Waals surface area contributed by atoms with Crippen molar-refractivity contribution in [3.8, 4) is 0 Å². The molecule has 0 aliphatic heterocycles. The molecule has 1 aromatic heterocycles. The first-order valence-corrected chi connectivity index (χ1v) is 7.56. The fourth-order valence-corrected chi connectivity index (χ4v) is 2.74.